The molecule has 120 valence electrons. The van der Waals surface area contributed by atoms with Gasteiger partial charge in [0.15, 0.2) is 0 Å². The molecule has 0 amide bonds. The Hall–Kier alpha value is -0.170. The van der Waals surface area contributed by atoms with Gasteiger partial charge in [-0.05, 0) is 31.8 Å². The molecule has 0 aromatic heterocycles. The molecule has 0 aliphatic heterocycles. The van der Waals surface area contributed by atoms with Crippen LogP contribution in [0.2, 0.25) is 0 Å². The second kappa shape index (κ2) is 9.71. The molecule has 1 rings (SSSR count). The Balaban J connectivity index is 2.18. The van der Waals surface area contributed by atoms with E-state index in [1.807, 2.05) is 6.92 Å². The first-order valence-corrected chi connectivity index (χ1v) is 9.42. The molecule has 1 aliphatic carbocycles. The molecular weight excluding hydrogens is 274 g/mol. The van der Waals surface area contributed by atoms with Crippen LogP contribution in [-0.2, 0) is 10.2 Å². The summed E-state index contributed by atoms with van der Waals surface area (Å²) < 4.78 is 28.2. The molecule has 20 heavy (non-hydrogen) atoms. The molecule has 0 unspecified atom stereocenters. The van der Waals surface area contributed by atoms with Crippen molar-refractivity contribution in [1.29, 1.82) is 0 Å². The second-order valence-electron chi connectivity index (χ2n) is 5.72. The molecule has 6 heteroatoms. The van der Waals surface area contributed by atoms with Gasteiger partial charge in [0.05, 0.1) is 0 Å². The highest BCUT2D eigenvalue weighted by atomic mass is 32.2. The van der Waals surface area contributed by atoms with Crippen molar-refractivity contribution < 1.29 is 8.42 Å². The van der Waals surface area contributed by atoms with Crippen molar-refractivity contribution in [2.24, 2.45) is 5.92 Å². The predicted octanol–water partition coefficient (Wildman–Crippen LogP) is 1.72. The molecule has 2 N–H and O–H groups in total. The molecular formula is C14H31N3O2S. The third-order valence-corrected chi connectivity index (χ3v) is 5.62. The number of hydrogen-bond acceptors (Lipinski definition) is 3. The first-order chi connectivity index (χ1) is 9.56. The molecule has 5 nitrogen and oxygen atoms in total. The van der Waals surface area contributed by atoms with Crippen LogP contribution in [0.15, 0.2) is 0 Å². The van der Waals surface area contributed by atoms with Crippen LogP contribution in [0.5, 0.6) is 0 Å². The van der Waals surface area contributed by atoms with Gasteiger partial charge in [-0.1, -0.05) is 39.0 Å². The third-order valence-electron chi connectivity index (χ3n) is 4.05. The van der Waals surface area contributed by atoms with Crippen LogP contribution in [0.25, 0.3) is 0 Å². The van der Waals surface area contributed by atoms with Crippen molar-refractivity contribution in [2.75, 3.05) is 33.2 Å². The number of nitrogens with zero attached hydrogens (tertiary/aromatic N) is 1. The third kappa shape index (κ3) is 7.02. The fraction of sp³-hybridized carbons (Fsp3) is 1.00. The first-order valence-electron chi connectivity index (χ1n) is 7.98. The van der Waals surface area contributed by atoms with E-state index in [1.54, 1.807) is 7.05 Å². The summed E-state index contributed by atoms with van der Waals surface area (Å²) in [6.07, 6.45) is 8.30. The molecule has 0 aromatic rings. The summed E-state index contributed by atoms with van der Waals surface area (Å²) in [4.78, 5) is 0. The van der Waals surface area contributed by atoms with Gasteiger partial charge >= 0.3 is 0 Å². The van der Waals surface area contributed by atoms with Gasteiger partial charge in [-0.3, -0.25) is 0 Å². The van der Waals surface area contributed by atoms with Gasteiger partial charge in [-0.15, -0.1) is 0 Å². The summed E-state index contributed by atoms with van der Waals surface area (Å²) in [5.74, 6) is 0.713. The predicted molar refractivity (Wildman–Crippen MR) is 83.9 cm³/mol. The zero-order chi connectivity index (χ0) is 14.8. The Morgan fingerprint density at radius 2 is 1.85 bits per heavy atom. The molecule has 1 saturated carbocycles. The molecule has 0 radical (unpaired) electrons. The fourth-order valence-electron chi connectivity index (χ4n) is 2.70. The summed E-state index contributed by atoms with van der Waals surface area (Å²) in [6.45, 7) is 4.97. The lowest BCUT2D eigenvalue weighted by molar-refractivity contribution is 0.338. The summed E-state index contributed by atoms with van der Waals surface area (Å²) >= 11 is 0. The Bertz CT molecular complexity index is 340. The minimum absolute atomic E-state index is 0.561. The van der Waals surface area contributed by atoms with Crippen LogP contribution < -0.4 is 10.0 Å². The maximum absolute atomic E-state index is 12.0. The number of hydrogen-bond donors (Lipinski definition) is 2. The van der Waals surface area contributed by atoms with Crippen molar-refractivity contribution in [3.63, 3.8) is 0 Å². The van der Waals surface area contributed by atoms with Crippen molar-refractivity contribution in [1.82, 2.24) is 14.3 Å². The topological polar surface area (TPSA) is 61.4 Å². The van der Waals surface area contributed by atoms with Crippen LogP contribution in [-0.4, -0.2) is 45.9 Å². The largest absolute Gasteiger partial charge is 0.317 e. The van der Waals surface area contributed by atoms with Gasteiger partial charge in [-0.2, -0.15) is 12.7 Å². The van der Waals surface area contributed by atoms with Crippen LogP contribution in [0.1, 0.15) is 51.9 Å². The van der Waals surface area contributed by atoms with E-state index in [9.17, 15) is 8.42 Å². The van der Waals surface area contributed by atoms with Crippen molar-refractivity contribution >= 4 is 10.2 Å². The van der Waals surface area contributed by atoms with E-state index in [2.05, 4.69) is 10.0 Å². The lowest BCUT2D eigenvalue weighted by atomic mass is 9.87. The highest BCUT2D eigenvalue weighted by Crippen LogP contribution is 2.25. The average molecular weight is 305 g/mol. The highest BCUT2D eigenvalue weighted by molar-refractivity contribution is 7.87. The lowest BCUT2D eigenvalue weighted by Crippen LogP contribution is -2.40. The Kier molecular flexibility index (Phi) is 8.68. The highest BCUT2D eigenvalue weighted by Gasteiger charge is 2.18. The molecule has 0 aromatic carbocycles. The second-order valence-corrected chi connectivity index (χ2v) is 7.58. The van der Waals surface area contributed by atoms with E-state index in [4.69, 9.17) is 0 Å². The lowest BCUT2D eigenvalue weighted by Gasteiger charge is -2.22. The van der Waals surface area contributed by atoms with E-state index in [0.29, 0.717) is 19.0 Å². The first kappa shape index (κ1) is 17.9. The van der Waals surface area contributed by atoms with E-state index in [0.717, 1.165) is 25.9 Å². The van der Waals surface area contributed by atoms with Gasteiger partial charge in [-0.25, -0.2) is 4.72 Å². The van der Waals surface area contributed by atoms with E-state index < -0.39 is 10.2 Å². The van der Waals surface area contributed by atoms with Crippen LogP contribution in [0.4, 0.5) is 0 Å². The van der Waals surface area contributed by atoms with Crippen LogP contribution in [0, 0.1) is 5.92 Å². The molecule has 1 fully saturated rings. The van der Waals surface area contributed by atoms with Crippen LogP contribution >= 0.6 is 0 Å². The Labute approximate surface area is 124 Å². The average Bonchev–Trinajstić information content (AvgIpc) is 2.44. The summed E-state index contributed by atoms with van der Waals surface area (Å²) in [6, 6.07) is 0. The van der Waals surface area contributed by atoms with Crippen LogP contribution in [0.3, 0.4) is 0 Å². The number of rotatable bonds is 10. The maximum atomic E-state index is 12.0. The minimum Gasteiger partial charge on any atom is -0.317 e. The zero-order valence-corrected chi connectivity index (χ0v) is 13.8. The molecule has 0 bridgehead atoms. The molecule has 0 heterocycles. The summed E-state index contributed by atoms with van der Waals surface area (Å²) in [7, 11) is -1.65. The van der Waals surface area contributed by atoms with Gasteiger partial charge < -0.3 is 5.32 Å². The van der Waals surface area contributed by atoms with Gasteiger partial charge in [0.25, 0.3) is 10.2 Å². The summed E-state index contributed by atoms with van der Waals surface area (Å²) in [5, 5.41) is 3.20. The summed E-state index contributed by atoms with van der Waals surface area (Å²) in [5.41, 5.74) is 0. The van der Waals surface area contributed by atoms with Gasteiger partial charge in [0.2, 0.25) is 0 Å². The van der Waals surface area contributed by atoms with E-state index in [1.165, 1.54) is 36.4 Å². The quantitative estimate of drug-likeness (QED) is 0.604. The molecule has 0 saturated heterocycles. The van der Waals surface area contributed by atoms with Crippen molar-refractivity contribution in [3.05, 3.63) is 0 Å². The van der Waals surface area contributed by atoms with Crippen molar-refractivity contribution in [3.8, 4) is 0 Å². The molecule has 0 atom stereocenters. The molecule has 1 aliphatic rings. The SMILES string of the molecule is CCNCCCN(C)S(=O)(=O)NCCC1CCCCC1. The van der Waals surface area contributed by atoms with Gasteiger partial charge in [0.1, 0.15) is 0 Å². The monoisotopic (exact) mass is 305 g/mol. The normalized spacial score (nSPS) is 17.8. The fourth-order valence-corrected chi connectivity index (χ4v) is 3.67. The molecule has 0 spiro atoms. The zero-order valence-electron chi connectivity index (χ0n) is 13.0. The van der Waals surface area contributed by atoms with E-state index >= 15 is 0 Å². The Morgan fingerprint density at radius 3 is 2.50 bits per heavy atom. The van der Waals surface area contributed by atoms with Crippen molar-refractivity contribution in [2.45, 2.75) is 51.9 Å². The minimum atomic E-state index is -3.29. The van der Waals surface area contributed by atoms with Gasteiger partial charge in [0, 0.05) is 20.1 Å². The maximum Gasteiger partial charge on any atom is 0.279 e. The Morgan fingerprint density at radius 1 is 1.15 bits per heavy atom. The smallest absolute Gasteiger partial charge is 0.279 e. The standard InChI is InChI=1S/C14H31N3O2S/c1-3-15-11-7-13-17(2)20(18,19)16-12-10-14-8-5-4-6-9-14/h14-16H,3-13H2,1-2H3. The van der Waals surface area contributed by atoms with E-state index in [-0.39, 0.29) is 0 Å². The number of nitrogens with one attached hydrogen (secondary N) is 2.